The van der Waals surface area contributed by atoms with Crippen LogP contribution >= 0.6 is 0 Å². The number of hydrogen-bond donors (Lipinski definition) is 4. The molecule has 0 saturated carbocycles. The first-order valence-corrected chi connectivity index (χ1v) is 16.3. The Labute approximate surface area is 267 Å². The Bertz CT molecular complexity index is 1670. The fraction of sp³-hybridized carbons (Fsp3) is 0.500. The summed E-state index contributed by atoms with van der Waals surface area (Å²) >= 11 is 0. The van der Waals surface area contributed by atoms with Crippen molar-refractivity contribution in [2.45, 2.75) is 43.9 Å². The summed E-state index contributed by atoms with van der Waals surface area (Å²) in [6, 6.07) is 13.6. The van der Waals surface area contributed by atoms with E-state index in [2.05, 4.69) is 44.0 Å². The molecule has 46 heavy (non-hydrogen) atoms. The zero-order valence-electron chi connectivity index (χ0n) is 25.6. The van der Waals surface area contributed by atoms with Gasteiger partial charge in [0, 0.05) is 45.5 Å². The van der Waals surface area contributed by atoms with Crippen molar-refractivity contribution < 1.29 is 37.9 Å². The number of piperazine rings is 1. The van der Waals surface area contributed by atoms with E-state index in [0.717, 1.165) is 42.6 Å². The molecule has 0 unspecified atom stereocenters. The minimum Gasteiger partial charge on any atom is -0.388 e. The maximum absolute atomic E-state index is 12.8. The van der Waals surface area contributed by atoms with Crippen LogP contribution in [-0.2, 0) is 37.4 Å². The highest BCUT2D eigenvalue weighted by Crippen LogP contribution is 2.26. The van der Waals surface area contributed by atoms with Crippen molar-refractivity contribution in [2.75, 3.05) is 58.4 Å². The Morgan fingerprint density at radius 3 is 2.59 bits per heavy atom. The minimum atomic E-state index is -4.09. The number of anilines is 1. The number of likely N-dealkylation sites (N-methyl/N-ethyl adjacent to an activating group) is 1. The summed E-state index contributed by atoms with van der Waals surface area (Å²) in [7, 11) is -0.657. The Morgan fingerprint density at radius 1 is 1.11 bits per heavy atom. The molecule has 2 saturated heterocycles. The van der Waals surface area contributed by atoms with Crippen LogP contribution in [0, 0.1) is 11.3 Å². The summed E-state index contributed by atoms with van der Waals surface area (Å²) in [5.41, 5.74) is 2.18. The molecule has 3 aromatic rings. The number of aliphatic hydroxyl groups is 3. The number of fused-ring (bicyclic) bond motifs is 1. The predicted molar refractivity (Wildman–Crippen MR) is 168 cm³/mol. The van der Waals surface area contributed by atoms with E-state index in [1.54, 1.807) is 18.3 Å². The molecule has 5 atom stereocenters. The first-order chi connectivity index (χ1) is 22.1. The molecule has 16 heteroatoms. The second-order valence-electron chi connectivity index (χ2n) is 11.3. The molecular formula is C30H39N7O8S. The number of nitrogens with zero attached hydrogens (tertiary/aromatic N) is 6. The Morgan fingerprint density at radius 2 is 1.85 bits per heavy atom. The van der Waals surface area contributed by atoms with Crippen molar-refractivity contribution in [3.63, 3.8) is 0 Å². The van der Waals surface area contributed by atoms with Crippen LogP contribution in [-0.4, -0.2) is 128 Å². The summed E-state index contributed by atoms with van der Waals surface area (Å²) in [4.78, 5) is 4.24. The van der Waals surface area contributed by atoms with Crippen LogP contribution in [0.4, 0.5) is 5.69 Å². The Hall–Kier alpha value is -3.50. The lowest BCUT2D eigenvalue weighted by molar-refractivity contribution is -0.292. The van der Waals surface area contributed by atoms with E-state index >= 15 is 0 Å². The molecule has 2 aromatic carbocycles. The zero-order valence-corrected chi connectivity index (χ0v) is 26.5. The number of benzene rings is 2. The monoisotopic (exact) mass is 657 g/mol. The molecule has 2 aliphatic heterocycles. The van der Waals surface area contributed by atoms with Crippen molar-refractivity contribution in [1.82, 2.24) is 24.6 Å². The highest BCUT2D eigenvalue weighted by molar-refractivity contribution is 7.93. The third-order valence-corrected chi connectivity index (χ3v) is 9.43. The lowest BCUT2D eigenvalue weighted by atomic mass is 9.99. The van der Waals surface area contributed by atoms with Crippen LogP contribution in [0.25, 0.3) is 16.8 Å². The van der Waals surface area contributed by atoms with Gasteiger partial charge in [-0.2, -0.15) is 5.26 Å². The normalized spacial score (nSPS) is 24.7. The number of aliphatic hydroxyl groups excluding tert-OH is 3. The van der Waals surface area contributed by atoms with Crippen molar-refractivity contribution in [1.29, 1.82) is 5.26 Å². The van der Waals surface area contributed by atoms with Gasteiger partial charge in [0.15, 0.2) is 11.2 Å². The molecule has 0 radical (unpaired) electrons. The molecule has 0 amide bonds. The molecule has 3 heterocycles. The second kappa shape index (κ2) is 14.9. The van der Waals surface area contributed by atoms with Crippen LogP contribution in [0.15, 0.2) is 47.5 Å². The van der Waals surface area contributed by atoms with E-state index < -0.39 is 45.6 Å². The maximum Gasteiger partial charge on any atom is 0.250 e. The summed E-state index contributed by atoms with van der Waals surface area (Å²) < 4.78 is 45.5. The number of methoxy groups -OCH3 is 1. The number of ether oxygens (including phenoxy) is 3. The summed E-state index contributed by atoms with van der Waals surface area (Å²) in [6.07, 6.45) is -3.35. The van der Waals surface area contributed by atoms with Crippen LogP contribution in [0.2, 0.25) is 0 Å². The van der Waals surface area contributed by atoms with Gasteiger partial charge in [0.1, 0.15) is 36.2 Å². The van der Waals surface area contributed by atoms with Crippen molar-refractivity contribution >= 4 is 32.6 Å². The van der Waals surface area contributed by atoms with E-state index in [1.165, 1.54) is 17.9 Å². The largest absolute Gasteiger partial charge is 0.388 e. The quantitative estimate of drug-likeness (QED) is 0.146. The predicted octanol–water partition coefficient (Wildman–Crippen LogP) is -0.362. The highest BCUT2D eigenvalue weighted by atomic mass is 32.2. The number of allylic oxidation sites excluding steroid dienone is 1. The number of rotatable bonds is 12. The van der Waals surface area contributed by atoms with E-state index in [4.69, 9.17) is 14.2 Å². The molecule has 4 N–H and O–H groups in total. The van der Waals surface area contributed by atoms with Gasteiger partial charge in [0.05, 0.1) is 26.0 Å². The Kier molecular flexibility index (Phi) is 11.0. The minimum absolute atomic E-state index is 0.000458. The summed E-state index contributed by atoms with van der Waals surface area (Å²) in [5.74, 6) is 0. The van der Waals surface area contributed by atoms with Crippen molar-refractivity contribution in [2.24, 2.45) is 0 Å². The highest BCUT2D eigenvalue weighted by Gasteiger charge is 2.44. The van der Waals surface area contributed by atoms with Gasteiger partial charge in [-0.1, -0.05) is 23.4 Å². The zero-order chi connectivity index (χ0) is 32.8. The lowest BCUT2D eigenvalue weighted by Crippen LogP contribution is -2.58. The van der Waals surface area contributed by atoms with E-state index in [9.17, 15) is 29.0 Å². The number of sulfonamides is 1. The number of nitrogens with one attached hydrogen (secondary N) is 1. The van der Waals surface area contributed by atoms with Gasteiger partial charge in [-0.15, -0.1) is 5.10 Å². The van der Waals surface area contributed by atoms with Gasteiger partial charge in [-0.25, -0.2) is 17.8 Å². The number of aromatic nitrogens is 3. The molecule has 0 spiro atoms. The van der Waals surface area contributed by atoms with Gasteiger partial charge in [0.2, 0.25) is 0 Å². The molecule has 2 fully saturated rings. The molecule has 2 aliphatic rings. The van der Waals surface area contributed by atoms with E-state index in [-0.39, 0.29) is 26.3 Å². The first-order valence-electron chi connectivity index (χ1n) is 14.9. The smallest absolute Gasteiger partial charge is 0.250 e. The van der Waals surface area contributed by atoms with Crippen LogP contribution in [0.3, 0.4) is 0 Å². The summed E-state index contributed by atoms with van der Waals surface area (Å²) in [6.45, 7) is 3.91. The SMILES string of the molecule is CO[C@H]1O[C@H](Cn2cc(COCCNS(=O)(=O)/C(C#N)=C/c3ccc4cc(N5CCN(C)CC5)ccc4c3)nn2)[C@@H](O)[C@H](O)[C@H]1O. The maximum atomic E-state index is 12.8. The molecule has 5 rings (SSSR count). The van der Waals surface area contributed by atoms with E-state index in [0.29, 0.717) is 11.3 Å². The second-order valence-corrected chi connectivity index (χ2v) is 13.1. The lowest BCUT2D eigenvalue weighted by Gasteiger charge is -2.39. The fourth-order valence-electron chi connectivity index (χ4n) is 5.37. The van der Waals surface area contributed by atoms with E-state index in [1.807, 2.05) is 18.2 Å². The molecule has 0 bridgehead atoms. The van der Waals surface area contributed by atoms with Crippen molar-refractivity contribution in [3.8, 4) is 6.07 Å². The fourth-order valence-corrected chi connectivity index (χ4v) is 6.29. The topological polar surface area (TPSA) is 196 Å². The Balaban J connectivity index is 1.11. The van der Waals surface area contributed by atoms with Crippen LogP contribution < -0.4 is 9.62 Å². The van der Waals surface area contributed by atoms with Gasteiger partial charge in [-0.05, 0) is 47.7 Å². The van der Waals surface area contributed by atoms with Gasteiger partial charge in [0.25, 0.3) is 10.0 Å². The van der Waals surface area contributed by atoms with Crippen LogP contribution in [0.5, 0.6) is 0 Å². The molecule has 0 aliphatic carbocycles. The molecule has 1 aromatic heterocycles. The van der Waals surface area contributed by atoms with Gasteiger partial charge >= 0.3 is 0 Å². The van der Waals surface area contributed by atoms with Gasteiger partial charge in [-0.3, -0.25) is 0 Å². The standard InChI is InChI=1S/C30H39N7O8S/c1-35-8-10-36(11-9-35)24-6-5-21-13-20(3-4-22(21)15-24)14-25(16-31)46(41,42)32-7-12-44-19-23-17-37(34-33-23)18-26-27(38)28(39)29(40)30(43-2)45-26/h3-6,13-15,17,26-30,32,38-40H,7-12,18-19H2,1-2H3/b25-14+/t26-,27-,28+,29-,30+/m1/s1. The third-order valence-electron chi connectivity index (χ3n) is 8.06. The first kappa shape index (κ1) is 33.9. The molecule has 15 nitrogen and oxygen atoms in total. The molecule has 248 valence electrons. The molecular weight excluding hydrogens is 618 g/mol. The van der Waals surface area contributed by atoms with Crippen LogP contribution in [0.1, 0.15) is 11.3 Å². The summed E-state index contributed by atoms with van der Waals surface area (Å²) in [5, 5.41) is 49.7. The number of hydrogen-bond acceptors (Lipinski definition) is 13. The average Bonchev–Trinajstić information content (AvgIpc) is 3.50. The third kappa shape index (κ3) is 8.07. The van der Waals surface area contributed by atoms with Gasteiger partial charge < -0.3 is 39.3 Å². The van der Waals surface area contributed by atoms with Crippen molar-refractivity contribution in [3.05, 3.63) is 58.8 Å². The average molecular weight is 658 g/mol. The number of nitriles is 1.